The summed E-state index contributed by atoms with van der Waals surface area (Å²) in [6.07, 6.45) is -13.3. The van der Waals surface area contributed by atoms with Crippen LogP contribution in [-0.4, -0.2) is 56.5 Å². The van der Waals surface area contributed by atoms with Crippen molar-refractivity contribution in [3.8, 4) is 0 Å². The normalized spacial score (nSPS) is 25.1. The van der Waals surface area contributed by atoms with E-state index < -0.39 is 67.5 Å². The third-order valence-electron chi connectivity index (χ3n) is 8.72. The van der Waals surface area contributed by atoms with Gasteiger partial charge in [-0.2, -0.15) is 26.3 Å². The zero-order valence-electron chi connectivity index (χ0n) is 22.2. The molecule has 0 spiro atoms. The van der Waals surface area contributed by atoms with Gasteiger partial charge in [0.2, 0.25) is 5.91 Å². The minimum atomic E-state index is -6.35. The third-order valence-corrected chi connectivity index (χ3v) is 11.3. The molecule has 5 rings (SSSR count). The molecule has 43 heavy (non-hydrogen) atoms. The standard InChI is InChI=1S/C27H26F8N2O4S.ClH/c28-17-3-5-18(6-4-17)42(40,41)24-10-9-21(37-22(38)12-23(39)13-36-14-23)20(24)7-1-15-11-16(2-8-19(15)24)25(29,26(30,31)32)27(33,34)35;/h2-6,8,11,20-21,36,39H,1,7,9-10,12-14H2,(H,37,38);1H/t20-,21+,24+;/m0./s1. The zero-order valence-corrected chi connectivity index (χ0v) is 23.8. The van der Waals surface area contributed by atoms with Gasteiger partial charge in [0.1, 0.15) is 10.6 Å². The molecule has 1 saturated carbocycles. The number of aliphatic hydroxyl groups is 1. The Morgan fingerprint density at radius 3 is 2.12 bits per heavy atom. The molecular weight excluding hydrogens is 636 g/mol. The lowest BCUT2D eigenvalue weighted by atomic mass is 9.74. The van der Waals surface area contributed by atoms with E-state index in [1.165, 1.54) is 0 Å². The predicted molar refractivity (Wildman–Crippen MR) is 139 cm³/mol. The fourth-order valence-electron chi connectivity index (χ4n) is 6.65. The van der Waals surface area contributed by atoms with Crippen LogP contribution in [0.5, 0.6) is 0 Å². The molecule has 3 atom stereocenters. The maximum atomic E-state index is 14.9. The Balaban J connectivity index is 0.00000423. The molecule has 0 bridgehead atoms. The van der Waals surface area contributed by atoms with Crippen molar-refractivity contribution in [3.05, 3.63) is 65.0 Å². The lowest BCUT2D eigenvalue weighted by molar-refractivity contribution is -0.348. The van der Waals surface area contributed by atoms with Gasteiger partial charge in [-0.3, -0.25) is 4.79 Å². The number of aryl methyl sites for hydroxylation is 1. The molecule has 0 aromatic heterocycles. The number of carbonyl (C=O) groups is 1. The highest BCUT2D eigenvalue weighted by atomic mass is 35.5. The highest BCUT2D eigenvalue weighted by Crippen LogP contribution is 2.59. The van der Waals surface area contributed by atoms with E-state index >= 15 is 0 Å². The minimum Gasteiger partial charge on any atom is -0.387 e. The van der Waals surface area contributed by atoms with E-state index in [2.05, 4.69) is 10.6 Å². The van der Waals surface area contributed by atoms with Crippen LogP contribution in [-0.2, 0) is 31.5 Å². The highest BCUT2D eigenvalue weighted by molar-refractivity contribution is 7.92. The van der Waals surface area contributed by atoms with Gasteiger partial charge in [0.15, 0.2) is 9.84 Å². The SMILES string of the molecule is Cl.O=C(CC1(O)CNC1)N[C@@H]1CC[C@@]2(S(=O)(=O)c3ccc(F)cc3)c3ccc(C(F)(C(F)(F)F)C(F)(F)F)cc3CC[C@@H]12. The molecule has 1 heterocycles. The fraction of sp³-hybridized carbons (Fsp3) is 0.519. The van der Waals surface area contributed by atoms with Crippen LogP contribution in [0.15, 0.2) is 47.4 Å². The van der Waals surface area contributed by atoms with Crippen molar-refractivity contribution in [3.63, 3.8) is 0 Å². The first-order valence-electron chi connectivity index (χ1n) is 13.0. The Bertz CT molecular complexity index is 1480. The molecule has 0 radical (unpaired) electrons. The molecule has 238 valence electrons. The Morgan fingerprint density at radius 1 is 0.977 bits per heavy atom. The van der Waals surface area contributed by atoms with Crippen LogP contribution in [0.1, 0.15) is 42.4 Å². The molecule has 2 aromatic rings. The summed E-state index contributed by atoms with van der Waals surface area (Å²) >= 11 is 0. The molecule has 2 fully saturated rings. The van der Waals surface area contributed by atoms with E-state index in [1.54, 1.807) is 0 Å². The van der Waals surface area contributed by atoms with Crippen LogP contribution in [0, 0.1) is 11.7 Å². The predicted octanol–water partition coefficient (Wildman–Crippen LogP) is 4.77. The number of nitrogens with one attached hydrogen (secondary N) is 2. The second-order valence-electron chi connectivity index (χ2n) is 11.2. The average molecular weight is 663 g/mol. The second kappa shape index (κ2) is 10.8. The van der Waals surface area contributed by atoms with Gasteiger partial charge in [0.25, 0.3) is 0 Å². The summed E-state index contributed by atoms with van der Waals surface area (Å²) < 4.78 is 136. The first-order valence-corrected chi connectivity index (χ1v) is 14.5. The molecule has 2 aromatic carbocycles. The van der Waals surface area contributed by atoms with Crippen molar-refractivity contribution in [2.45, 2.75) is 71.4 Å². The highest BCUT2D eigenvalue weighted by Gasteiger charge is 2.73. The van der Waals surface area contributed by atoms with Gasteiger partial charge in [-0.1, -0.05) is 18.2 Å². The van der Waals surface area contributed by atoms with E-state index in [9.17, 15) is 53.4 Å². The fourth-order valence-corrected chi connectivity index (χ4v) is 9.12. The van der Waals surface area contributed by atoms with Gasteiger partial charge < -0.3 is 15.7 Å². The molecule has 0 unspecified atom stereocenters. The number of alkyl halides is 7. The molecule has 2 aliphatic carbocycles. The summed E-state index contributed by atoms with van der Waals surface area (Å²) in [6, 6.07) is 4.54. The Kier molecular flexibility index (Phi) is 8.42. The molecular formula is C27H27ClF8N2O4S. The number of amides is 1. The largest absolute Gasteiger partial charge is 0.435 e. The van der Waals surface area contributed by atoms with Crippen molar-refractivity contribution >= 4 is 28.2 Å². The molecule has 16 heteroatoms. The van der Waals surface area contributed by atoms with E-state index in [4.69, 9.17) is 0 Å². The summed E-state index contributed by atoms with van der Waals surface area (Å²) in [5.41, 5.74) is -8.99. The van der Waals surface area contributed by atoms with Crippen LogP contribution >= 0.6 is 12.4 Å². The first-order chi connectivity index (χ1) is 19.4. The average Bonchev–Trinajstić information content (AvgIpc) is 3.25. The lowest BCUT2D eigenvalue weighted by Gasteiger charge is -2.43. The summed E-state index contributed by atoms with van der Waals surface area (Å²) in [5, 5.41) is 15.9. The van der Waals surface area contributed by atoms with Gasteiger partial charge in [0.05, 0.1) is 16.9 Å². The number of β-amino-alcohol motifs (C(OH)–C–C–N with tert-alkyl or cyclic N) is 1. The summed E-state index contributed by atoms with van der Waals surface area (Å²) in [7, 11) is -4.51. The first kappa shape index (κ1) is 33.4. The third kappa shape index (κ3) is 5.19. The van der Waals surface area contributed by atoms with Gasteiger partial charge in [-0.15, -0.1) is 12.4 Å². The van der Waals surface area contributed by atoms with Gasteiger partial charge >= 0.3 is 18.0 Å². The Hall–Kier alpha value is -2.49. The molecule has 1 amide bonds. The lowest BCUT2D eigenvalue weighted by Crippen LogP contribution is -2.61. The van der Waals surface area contributed by atoms with E-state index in [-0.39, 0.29) is 73.6 Å². The van der Waals surface area contributed by atoms with Crippen LogP contribution in [0.3, 0.4) is 0 Å². The summed E-state index contributed by atoms with van der Waals surface area (Å²) in [6.45, 7) is 0.359. The topological polar surface area (TPSA) is 95.5 Å². The quantitative estimate of drug-likeness (QED) is 0.306. The molecule has 3 aliphatic rings. The zero-order chi connectivity index (χ0) is 30.9. The van der Waals surface area contributed by atoms with Gasteiger partial charge in [0, 0.05) is 30.6 Å². The molecule has 1 aliphatic heterocycles. The number of hydrogen-bond acceptors (Lipinski definition) is 5. The maximum absolute atomic E-state index is 14.9. The molecule has 3 N–H and O–H groups in total. The number of sulfone groups is 1. The van der Waals surface area contributed by atoms with E-state index in [0.29, 0.717) is 12.1 Å². The van der Waals surface area contributed by atoms with Crippen LogP contribution in [0.2, 0.25) is 0 Å². The number of rotatable bonds is 6. The summed E-state index contributed by atoms with van der Waals surface area (Å²) in [5.74, 6) is -2.18. The number of hydrogen-bond donors (Lipinski definition) is 3. The van der Waals surface area contributed by atoms with Gasteiger partial charge in [-0.05, 0) is 61.1 Å². The molecule has 6 nitrogen and oxygen atoms in total. The van der Waals surface area contributed by atoms with Crippen molar-refractivity contribution in [2.75, 3.05) is 13.1 Å². The maximum Gasteiger partial charge on any atom is 0.435 e. The van der Waals surface area contributed by atoms with Crippen LogP contribution in [0.25, 0.3) is 0 Å². The van der Waals surface area contributed by atoms with Gasteiger partial charge in [-0.25, -0.2) is 17.2 Å². The van der Waals surface area contributed by atoms with Crippen molar-refractivity contribution < 1.29 is 53.4 Å². The monoisotopic (exact) mass is 662 g/mol. The Morgan fingerprint density at radius 2 is 1.58 bits per heavy atom. The summed E-state index contributed by atoms with van der Waals surface area (Å²) in [4.78, 5) is 12.5. The van der Waals surface area contributed by atoms with E-state index in [1.807, 2.05) is 0 Å². The number of carbonyl (C=O) groups excluding carboxylic acids is 1. The van der Waals surface area contributed by atoms with E-state index in [0.717, 1.165) is 30.3 Å². The number of halogens is 9. The van der Waals surface area contributed by atoms with Crippen LogP contribution < -0.4 is 10.6 Å². The molecule has 1 saturated heterocycles. The number of benzene rings is 2. The van der Waals surface area contributed by atoms with Crippen molar-refractivity contribution in [2.24, 2.45) is 5.92 Å². The van der Waals surface area contributed by atoms with Crippen molar-refractivity contribution in [1.82, 2.24) is 10.6 Å². The van der Waals surface area contributed by atoms with Crippen LogP contribution in [0.4, 0.5) is 35.1 Å². The smallest absolute Gasteiger partial charge is 0.387 e. The minimum absolute atomic E-state index is 0. The number of fused-ring (bicyclic) bond motifs is 3. The Labute approximate surface area is 247 Å². The van der Waals surface area contributed by atoms with Crippen molar-refractivity contribution in [1.29, 1.82) is 0 Å². The second-order valence-corrected chi connectivity index (χ2v) is 13.4.